The minimum absolute atomic E-state index is 0.167. The summed E-state index contributed by atoms with van der Waals surface area (Å²) >= 11 is 1.61. The summed E-state index contributed by atoms with van der Waals surface area (Å²) in [6.45, 7) is 8.94. The number of nitrogens with zero attached hydrogens (tertiary/aromatic N) is 3. The van der Waals surface area contributed by atoms with Crippen LogP contribution in [0.15, 0.2) is 36.5 Å². The lowest BCUT2D eigenvalue weighted by Crippen LogP contribution is -2.36. The fraction of sp³-hybridized carbons (Fsp3) is 0.481. The van der Waals surface area contributed by atoms with Gasteiger partial charge in [0.05, 0.1) is 22.8 Å². The maximum Gasteiger partial charge on any atom is 0.264 e. The average Bonchev–Trinajstić information content (AvgIpc) is 3.53. The van der Waals surface area contributed by atoms with E-state index in [0.717, 1.165) is 73.3 Å². The summed E-state index contributed by atoms with van der Waals surface area (Å²) in [7, 11) is 0. The summed E-state index contributed by atoms with van der Waals surface area (Å²) in [4.78, 5) is 23.3. The van der Waals surface area contributed by atoms with E-state index in [0.29, 0.717) is 5.92 Å². The van der Waals surface area contributed by atoms with Gasteiger partial charge in [0, 0.05) is 49.1 Å². The number of pyridine rings is 1. The van der Waals surface area contributed by atoms with Gasteiger partial charge >= 0.3 is 0 Å². The van der Waals surface area contributed by atoms with Crippen molar-refractivity contribution in [3.63, 3.8) is 0 Å². The van der Waals surface area contributed by atoms with Crippen LogP contribution in [0.3, 0.4) is 0 Å². The molecule has 1 aromatic carbocycles. The maximum atomic E-state index is 13.4. The fourth-order valence-corrected chi connectivity index (χ4v) is 6.48. The third kappa shape index (κ3) is 4.64. The van der Waals surface area contributed by atoms with E-state index < -0.39 is 0 Å². The Labute approximate surface area is 205 Å². The van der Waals surface area contributed by atoms with Crippen LogP contribution in [0.2, 0.25) is 0 Å². The van der Waals surface area contributed by atoms with E-state index in [2.05, 4.69) is 54.4 Å². The van der Waals surface area contributed by atoms with Crippen LogP contribution in [0.1, 0.15) is 60.7 Å². The standard InChI is InChI=1S/C27H34N4O2S/c1-3-30(4-2)27(32)26-25(19-8-5-6-9-19)22-17-24(28-18-23(22)34-26)29-20-10-7-11-21(16-20)31-12-14-33-15-13-31/h7,10-11,16-19H,3-6,8-9,12-15H2,1-2H3,(H,28,29). The number of nitrogens with one attached hydrogen (secondary N) is 1. The summed E-state index contributed by atoms with van der Waals surface area (Å²) in [6.07, 6.45) is 6.75. The molecule has 34 heavy (non-hydrogen) atoms. The van der Waals surface area contributed by atoms with Crippen molar-refractivity contribution in [1.82, 2.24) is 9.88 Å². The number of morpholine rings is 1. The highest BCUT2D eigenvalue weighted by atomic mass is 32.1. The van der Waals surface area contributed by atoms with Crippen LogP contribution in [-0.2, 0) is 4.74 Å². The first kappa shape index (κ1) is 23.1. The van der Waals surface area contributed by atoms with Crippen LogP contribution in [0.25, 0.3) is 10.1 Å². The van der Waals surface area contributed by atoms with Gasteiger partial charge in [0.15, 0.2) is 0 Å². The molecular formula is C27H34N4O2S. The molecule has 1 saturated heterocycles. The van der Waals surface area contributed by atoms with Crippen LogP contribution in [0.5, 0.6) is 0 Å². The minimum atomic E-state index is 0.167. The Morgan fingerprint density at radius 2 is 1.94 bits per heavy atom. The average molecular weight is 479 g/mol. The lowest BCUT2D eigenvalue weighted by molar-refractivity contribution is 0.0776. The number of thiophene rings is 1. The molecule has 2 aromatic heterocycles. The van der Waals surface area contributed by atoms with Gasteiger partial charge in [-0.25, -0.2) is 4.98 Å². The van der Waals surface area contributed by atoms with Crippen LogP contribution >= 0.6 is 11.3 Å². The molecule has 6 nitrogen and oxygen atoms in total. The molecular weight excluding hydrogens is 444 g/mol. The molecule has 1 N–H and O–H groups in total. The van der Waals surface area contributed by atoms with Crippen molar-refractivity contribution in [1.29, 1.82) is 0 Å². The number of hydrogen-bond acceptors (Lipinski definition) is 6. The summed E-state index contributed by atoms with van der Waals surface area (Å²) in [5.41, 5.74) is 3.47. The highest BCUT2D eigenvalue weighted by Gasteiger charge is 2.29. The summed E-state index contributed by atoms with van der Waals surface area (Å²) in [5, 5.41) is 4.71. The van der Waals surface area contributed by atoms with Crippen molar-refractivity contribution in [3.05, 3.63) is 47.0 Å². The summed E-state index contributed by atoms with van der Waals surface area (Å²) < 4.78 is 6.60. The largest absolute Gasteiger partial charge is 0.378 e. The molecule has 2 aliphatic rings. The lowest BCUT2D eigenvalue weighted by atomic mass is 9.94. The van der Waals surface area contributed by atoms with Crippen LogP contribution in [-0.4, -0.2) is 55.2 Å². The Bertz CT molecular complexity index is 1140. The molecule has 1 aliphatic carbocycles. The highest BCUT2D eigenvalue weighted by Crippen LogP contribution is 2.44. The van der Waals surface area contributed by atoms with Gasteiger partial charge in [-0.05, 0) is 62.4 Å². The van der Waals surface area contributed by atoms with Gasteiger partial charge in [0.2, 0.25) is 0 Å². The molecule has 0 radical (unpaired) electrons. The highest BCUT2D eigenvalue weighted by molar-refractivity contribution is 7.21. The molecule has 1 aliphatic heterocycles. The Balaban J connectivity index is 1.48. The second kappa shape index (κ2) is 10.3. The SMILES string of the molecule is CCN(CC)C(=O)c1sc2cnc(Nc3cccc(N4CCOCC4)c3)cc2c1C1CCCC1. The second-order valence-corrected chi connectivity index (χ2v) is 10.2. The zero-order valence-corrected chi connectivity index (χ0v) is 21.0. The summed E-state index contributed by atoms with van der Waals surface area (Å²) in [6, 6.07) is 10.6. The predicted octanol–water partition coefficient (Wildman–Crippen LogP) is 6.02. The van der Waals surface area contributed by atoms with E-state index in [9.17, 15) is 4.79 Å². The van der Waals surface area contributed by atoms with E-state index in [1.807, 2.05) is 11.1 Å². The predicted molar refractivity (Wildman–Crippen MR) is 141 cm³/mol. The number of hydrogen-bond donors (Lipinski definition) is 1. The van der Waals surface area contributed by atoms with E-state index in [4.69, 9.17) is 9.72 Å². The summed E-state index contributed by atoms with van der Waals surface area (Å²) in [5.74, 6) is 1.45. The number of aromatic nitrogens is 1. The van der Waals surface area contributed by atoms with Crippen molar-refractivity contribution in [2.45, 2.75) is 45.4 Å². The third-order valence-electron chi connectivity index (χ3n) is 7.12. The molecule has 5 rings (SSSR count). The molecule has 1 saturated carbocycles. The van der Waals surface area contributed by atoms with Crippen molar-refractivity contribution < 1.29 is 9.53 Å². The number of carbonyl (C=O) groups is 1. The zero-order chi connectivity index (χ0) is 23.5. The first-order chi connectivity index (χ1) is 16.7. The topological polar surface area (TPSA) is 57.7 Å². The Hall–Kier alpha value is -2.64. The molecule has 3 heterocycles. The Morgan fingerprint density at radius 1 is 1.18 bits per heavy atom. The molecule has 0 unspecified atom stereocenters. The zero-order valence-electron chi connectivity index (χ0n) is 20.2. The van der Waals surface area contributed by atoms with E-state index in [1.54, 1.807) is 11.3 Å². The van der Waals surface area contributed by atoms with Crippen molar-refractivity contribution in [2.75, 3.05) is 49.6 Å². The molecule has 180 valence electrons. The second-order valence-electron chi connectivity index (χ2n) is 9.14. The van der Waals surface area contributed by atoms with Gasteiger partial charge in [-0.2, -0.15) is 0 Å². The van der Waals surface area contributed by atoms with Gasteiger partial charge < -0.3 is 19.9 Å². The number of fused-ring (bicyclic) bond motifs is 1. The Morgan fingerprint density at radius 3 is 2.68 bits per heavy atom. The smallest absolute Gasteiger partial charge is 0.264 e. The van der Waals surface area contributed by atoms with Crippen molar-refractivity contribution in [3.8, 4) is 0 Å². The van der Waals surface area contributed by atoms with Crippen molar-refractivity contribution >= 4 is 44.5 Å². The van der Waals surface area contributed by atoms with Gasteiger partial charge in [-0.3, -0.25) is 4.79 Å². The first-order valence-corrected chi connectivity index (χ1v) is 13.4. The minimum Gasteiger partial charge on any atom is -0.378 e. The molecule has 3 aromatic rings. The van der Waals surface area contributed by atoms with Gasteiger partial charge in [0.1, 0.15) is 5.82 Å². The molecule has 2 fully saturated rings. The fourth-order valence-electron chi connectivity index (χ4n) is 5.27. The molecule has 7 heteroatoms. The normalized spacial score (nSPS) is 16.8. The molecule has 1 amide bonds. The number of anilines is 3. The van der Waals surface area contributed by atoms with Gasteiger partial charge in [-0.1, -0.05) is 18.9 Å². The molecule has 0 spiro atoms. The monoisotopic (exact) mass is 478 g/mol. The number of rotatable bonds is 7. The van der Waals surface area contributed by atoms with E-state index >= 15 is 0 Å². The van der Waals surface area contributed by atoms with Crippen LogP contribution in [0, 0.1) is 0 Å². The third-order valence-corrected chi connectivity index (χ3v) is 8.26. The van der Waals surface area contributed by atoms with Crippen LogP contribution < -0.4 is 10.2 Å². The van der Waals surface area contributed by atoms with E-state index in [1.165, 1.54) is 29.5 Å². The quantitative estimate of drug-likeness (QED) is 0.450. The Kier molecular flexibility index (Phi) is 7.02. The number of benzene rings is 1. The number of amides is 1. The number of ether oxygens (including phenoxy) is 1. The van der Waals surface area contributed by atoms with Gasteiger partial charge in [0.25, 0.3) is 5.91 Å². The lowest BCUT2D eigenvalue weighted by Gasteiger charge is -2.29. The molecule has 0 bridgehead atoms. The molecule has 0 atom stereocenters. The van der Waals surface area contributed by atoms with Crippen LogP contribution in [0.4, 0.5) is 17.2 Å². The van der Waals surface area contributed by atoms with E-state index in [-0.39, 0.29) is 5.91 Å². The van der Waals surface area contributed by atoms with Crippen molar-refractivity contribution in [2.24, 2.45) is 0 Å². The maximum absolute atomic E-state index is 13.4. The first-order valence-electron chi connectivity index (χ1n) is 12.6. The number of carbonyl (C=O) groups excluding carboxylic acids is 1. The van der Waals surface area contributed by atoms with Gasteiger partial charge in [-0.15, -0.1) is 11.3 Å².